The van der Waals surface area contributed by atoms with E-state index in [-0.39, 0.29) is 34.6 Å². The largest absolute Gasteiger partial charge is 0.458 e. The monoisotopic (exact) mass is 348 g/mol. The summed E-state index contributed by atoms with van der Waals surface area (Å²) in [6.45, 7) is 6.50. The van der Waals surface area contributed by atoms with E-state index in [1.165, 1.54) is 0 Å². The first-order chi connectivity index (χ1) is 11.9. The Morgan fingerprint density at radius 1 is 1.36 bits per heavy atom. The number of rotatable bonds is 3. The molecule has 2 saturated heterocycles. The third kappa shape index (κ3) is 1.98. The summed E-state index contributed by atoms with van der Waals surface area (Å²) in [6.07, 6.45) is 6.29. The number of hydrogen-bond donors (Lipinski definition) is 1. The Balaban J connectivity index is 1.48. The molecule has 0 unspecified atom stereocenters. The SMILES string of the molecule is C[C@@H]1C[C@H](O)[C@@]23CO[C@@H](CC[C@]24CO4)[C@@H]3[C@@]1(C)CCC1=CC(=O)OC1. The van der Waals surface area contributed by atoms with Crippen LogP contribution in [-0.4, -0.2) is 48.7 Å². The average molecular weight is 348 g/mol. The fourth-order valence-corrected chi connectivity index (χ4v) is 6.67. The minimum atomic E-state index is -0.344. The summed E-state index contributed by atoms with van der Waals surface area (Å²) >= 11 is 0. The zero-order valence-corrected chi connectivity index (χ0v) is 15.1. The van der Waals surface area contributed by atoms with Gasteiger partial charge in [0.2, 0.25) is 0 Å². The predicted octanol–water partition coefficient (Wildman–Crippen LogP) is 2.22. The van der Waals surface area contributed by atoms with E-state index < -0.39 is 0 Å². The molecule has 2 aliphatic carbocycles. The molecule has 7 atom stereocenters. The van der Waals surface area contributed by atoms with E-state index in [2.05, 4.69) is 13.8 Å². The molecule has 2 saturated carbocycles. The lowest BCUT2D eigenvalue weighted by atomic mass is 9.43. The van der Waals surface area contributed by atoms with Crippen molar-refractivity contribution in [2.45, 2.75) is 63.8 Å². The predicted molar refractivity (Wildman–Crippen MR) is 89.8 cm³/mol. The smallest absolute Gasteiger partial charge is 0.331 e. The van der Waals surface area contributed by atoms with E-state index in [4.69, 9.17) is 14.2 Å². The van der Waals surface area contributed by atoms with Crippen LogP contribution in [0.3, 0.4) is 0 Å². The molecule has 1 N–H and O–H groups in total. The third-order valence-corrected chi connectivity index (χ3v) is 8.35. The molecule has 1 spiro atoms. The van der Waals surface area contributed by atoms with E-state index >= 15 is 0 Å². The molecule has 5 rings (SSSR count). The van der Waals surface area contributed by atoms with Gasteiger partial charge >= 0.3 is 5.97 Å². The van der Waals surface area contributed by atoms with Crippen LogP contribution in [0, 0.1) is 22.7 Å². The number of carbonyl (C=O) groups is 1. The molecule has 5 heteroatoms. The average Bonchev–Trinajstić information content (AvgIpc) is 3.12. The van der Waals surface area contributed by atoms with E-state index in [1.807, 2.05) is 0 Å². The van der Waals surface area contributed by atoms with Crippen LogP contribution in [0.15, 0.2) is 11.6 Å². The van der Waals surface area contributed by atoms with Crippen LogP contribution in [0.25, 0.3) is 0 Å². The Bertz CT molecular complexity index is 638. The van der Waals surface area contributed by atoms with E-state index in [0.717, 1.165) is 44.3 Å². The van der Waals surface area contributed by atoms with Gasteiger partial charge in [0.05, 0.1) is 30.8 Å². The number of esters is 1. The van der Waals surface area contributed by atoms with Crippen molar-refractivity contribution in [2.24, 2.45) is 22.7 Å². The van der Waals surface area contributed by atoms with Crippen molar-refractivity contribution in [1.29, 1.82) is 0 Å². The molecule has 5 nitrogen and oxygen atoms in total. The lowest BCUT2D eigenvalue weighted by Crippen LogP contribution is -2.65. The molecule has 2 bridgehead atoms. The highest BCUT2D eigenvalue weighted by atomic mass is 16.6. The van der Waals surface area contributed by atoms with Gasteiger partial charge < -0.3 is 19.3 Å². The second-order valence-corrected chi connectivity index (χ2v) is 9.26. The molecule has 25 heavy (non-hydrogen) atoms. The standard InChI is InChI=1S/C20H28O5/c1-12-7-15(21)20-11-24-14(4-6-19(20)10-25-19)17(20)18(12,2)5-3-13-8-16(22)23-9-13/h8,12,14-15,17,21H,3-7,9-11H2,1-2H3/t12-,14+,15+,17-,18+,19+,20-/m1/s1. The number of epoxide rings is 1. The zero-order valence-electron chi connectivity index (χ0n) is 15.1. The van der Waals surface area contributed by atoms with Gasteiger partial charge in [0, 0.05) is 12.0 Å². The molecular weight excluding hydrogens is 320 g/mol. The van der Waals surface area contributed by atoms with Gasteiger partial charge in [0.25, 0.3) is 0 Å². The van der Waals surface area contributed by atoms with Gasteiger partial charge in [-0.05, 0) is 49.0 Å². The van der Waals surface area contributed by atoms with Gasteiger partial charge in [-0.1, -0.05) is 13.8 Å². The Hall–Kier alpha value is -0.910. The summed E-state index contributed by atoms with van der Waals surface area (Å²) in [5.41, 5.74) is 0.775. The van der Waals surface area contributed by atoms with Gasteiger partial charge in [0.15, 0.2) is 0 Å². The second kappa shape index (κ2) is 5.08. The van der Waals surface area contributed by atoms with Crippen molar-refractivity contribution in [2.75, 3.05) is 19.8 Å². The van der Waals surface area contributed by atoms with E-state index in [0.29, 0.717) is 25.0 Å². The first-order valence-electron chi connectivity index (χ1n) is 9.71. The van der Waals surface area contributed by atoms with E-state index in [1.54, 1.807) is 6.08 Å². The summed E-state index contributed by atoms with van der Waals surface area (Å²) in [4.78, 5) is 11.4. The first-order valence-corrected chi connectivity index (χ1v) is 9.71. The van der Waals surface area contributed by atoms with Crippen LogP contribution in [0.1, 0.15) is 46.0 Å². The lowest BCUT2D eigenvalue weighted by Gasteiger charge is -2.60. The Kier molecular flexibility index (Phi) is 3.31. The quantitative estimate of drug-likeness (QED) is 0.626. The van der Waals surface area contributed by atoms with Gasteiger partial charge in [-0.3, -0.25) is 0 Å². The number of aliphatic hydroxyl groups is 1. The molecule has 0 aromatic heterocycles. The Labute approximate surface area is 148 Å². The van der Waals surface area contributed by atoms with Gasteiger partial charge in [-0.2, -0.15) is 0 Å². The number of cyclic esters (lactones) is 1. The zero-order chi connectivity index (χ0) is 17.4. The maximum atomic E-state index is 11.4. The summed E-state index contributed by atoms with van der Waals surface area (Å²) in [5.74, 6) is 0.529. The summed E-state index contributed by atoms with van der Waals surface area (Å²) in [7, 11) is 0. The fourth-order valence-electron chi connectivity index (χ4n) is 6.67. The highest BCUT2D eigenvalue weighted by Gasteiger charge is 2.78. The summed E-state index contributed by atoms with van der Waals surface area (Å²) in [6, 6.07) is 0. The molecule has 138 valence electrons. The number of hydrogen-bond acceptors (Lipinski definition) is 5. The van der Waals surface area contributed by atoms with Crippen molar-refractivity contribution in [3.63, 3.8) is 0 Å². The van der Waals surface area contributed by atoms with Crippen LogP contribution in [0.5, 0.6) is 0 Å². The van der Waals surface area contributed by atoms with Crippen molar-refractivity contribution in [3.05, 3.63) is 11.6 Å². The number of ether oxygens (including phenoxy) is 3. The normalized spacial score (nSPS) is 53.6. The molecule has 3 heterocycles. The number of carbonyl (C=O) groups excluding carboxylic acids is 1. The number of aliphatic hydroxyl groups excluding tert-OH is 1. The van der Waals surface area contributed by atoms with Gasteiger partial charge in [0.1, 0.15) is 12.2 Å². The molecular formula is C20H28O5. The van der Waals surface area contributed by atoms with Crippen LogP contribution in [0.4, 0.5) is 0 Å². The Morgan fingerprint density at radius 3 is 2.84 bits per heavy atom. The first kappa shape index (κ1) is 16.3. The van der Waals surface area contributed by atoms with Gasteiger partial charge in [-0.15, -0.1) is 0 Å². The van der Waals surface area contributed by atoms with Crippen LogP contribution in [-0.2, 0) is 19.0 Å². The molecule has 3 aliphatic heterocycles. The lowest BCUT2D eigenvalue weighted by molar-refractivity contribution is -0.174. The minimum absolute atomic E-state index is 0.0756. The minimum Gasteiger partial charge on any atom is -0.458 e. The second-order valence-electron chi connectivity index (χ2n) is 9.26. The van der Waals surface area contributed by atoms with Gasteiger partial charge in [-0.25, -0.2) is 4.79 Å². The molecule has 0 radical (unpaired) electrons. The summed E-state index contributed by atoms with van der Waals surface area (Å²) in [5, 5.41) is 11.1. The molecule has 0 aromatic carbocycles. The topological polar surface area (TPSA) is 68.3 Å². The molecule has 5 aliphatic rings. The van der Waals surface area contributed by atoms with Crippen molar-refractivity contribution >= 4 is 5.97 Å². The highest BCUT2D eigenvalue weighted by Crippen LogP contribution is 2.71. The van der Waals surface area contributed by atoms with Crippen LogP contribution in [0.2, 0.25) is 0 Å². The Morgan fingerprint density at radius 2 is 2.16 bits per heavy atom. The third-order valence-electron chi connectivity index (χ3n) is 8.35. The highest BCUT2D eigenvalue weighted by molar-refractivity contribution is 5.85. The van der Waals surface area contributed by atoms with Crippen LogP contribution < -0.4 is 0 Å². The van der Waals surface area contributed by atoms with Crippen LogP contribution >= 0.6 is 0 Å². The van der Waals surface area contributed by atoms with Crippen molar-refractivity contribution < 1.29 is 24.1 Å². The molecule has 0 aromatic rings. The fraction of sp³-hybridized carbons (Fsp3) is 0.850. The van der Waals surface area contributed by atoms with E-state index in [9.17, 15) is 9.90 Å². The summed E-state index contributed by atoms with van der Waals surface area (Å²) < 4.78 is 17.3. The maximum Gasteiger partial charge on any atom is 0.331 e. The maximum absolute atomic E-state index is 11.4. The molecule has 4 fully saturated rings. The van der Waals surface area contributed by atoms with Crippen molar-refractivity contribution in [1.82, 2.24) is 0 Å². The van der Waals surface area contributed by atoms with Crippen molar-refractivity contribution in [3.8, 4) is 0 Å². The molecule has 0 amide bonds.